The summed E-state index contributed by atoms with van der Waals surface area (Å²) in [6, 6.07) is 7.91. The number of hydrogen-bond acceptors (Lipinski definition) is 9. The van der Waals surface area contributed by atoms with Crippen molar-refractivity contribution in [3.8, 4) is 23.0 Å². The Bertz CT molecular complexity index is 1130. The predicted octanol–water partition coefficient (Wildman–Crippen LogP) is 2.34. The van der Waals surface area contributed by atoms with Crippen LogP contribution in [0.5, 0.6) is 0 Å². The van der Waals surface area contributed by atoms with Crippen molar-refractivity contribution in [2.45, 2.75) is 25.8 Å². The second kappa shape index (κ2) is 8.19. The van der Waals surface area contributed by atoms with Gasteiger partial charge < -0.3 is 25.7 Å². The molecule has 32 heavy (non-hydrogen) atoms. The normalized spacial score (nSPS) is 17.7. The first-order valence-electron chi connectivity index (χ1n) is 10.8. The molecular weight excluding hydrogens is 408 g/mol. The van der Waals surface area contributed by atoms with Crippen LogP contribution in [0.3, 0.4) is 0 Å². The number of nitrogens with zero attached hydrogens (tertiary/aromatic N) is 5. The van der Waals surface area contributed by atoms with E-state index in [2.05, 4.69) is 35.7 Å². The fourth-order valence-electron chi connectivity index (χ4n) is 4.46. The first-order valence-corrected chi connectivity index (χ1v) is 10.8. The van der Waals surface area contributed by atoms with Crippen LogP contribution in [0.25, 0.3) is 23.0 Å². The number of nitrogens with one attached hydrogen (secondary N) is 2. The van der Waals surface area contributed by atoms with Gasteiger partial charge in [0, 0.05) is 36.0 Å². The van der Waals surface area contributed by atoms with Gasteiger partial charge in [0.05, 0.1) is 11.6 Å². The first kappa shape index (κ1) is 20.4. The van der Waals surface area contributed by atoms with Gasteiger partial charge in [0.15, 0.2) is 11.5 Å². The summed E-state index contributed by atoms with van der Waals surface area (Å²) < 4.78 is 5.88. The van der Waals surface area contributed by atoms with Gasteiger partial charge in [-0.15, -0.1) is 10.2 Å². The van der Waals surface area contributed by atoms with Gasteiger partial charge in [-0.25, -0.2) is 9.97 Å². The third-order valence-electron chi connectivity index (χ3n) is 6.41. The Labute approximate surface area is 190 Å². The Morgan fingerprint density at radius 1 is 1.19 bits per heavy atom. The third kappa shape index (κ3) is 3.66. The lowest BCUT2D eigenvalue weighted by Gasteiger charge is -2.37. The maximum Gasteiger partial charge on any atom is 0.270 e. The zero-order valence-electron chi connectivity index (χ0n) is 18.0. The van der Waals surface area contributed by atoms with Gasteiger partial charge >= 0.3 is 0 Å². The number of amides is 1. The van der Waals surface area contributed by atoms with Crippen LogP contribution in [0.15, 0.2) is 34.9 Å². The average Bonchev–Trinajstić information content (AvgIpc) is 3.43. The number of aromatic nitrogens is 4. The molecule has 172 valence electrons. The number of nitrogen functional groups attached to an aromatic ring is 1. The minimum atomic E-state index is -0.231. The fraction of sp³-hybridized carbons (Fsp3) is 0.409. The SMILES string of the molecule is CNCc1ccc(-c2nnc(-c3nc(N4CCC5(CCNC5=O)CC4)cnc3N)o2)cc1.[HH].[HH].[HH]. The highest BCUT2D eigenvalue weighted by Crippen LogP contribution is 2.39. The summed E-state index contributed by atoms with van der Waals surface area (Å²) in [5.41, 5.74) is 8.21. The Morgan fingerprint density at radius 2 is 1.94 bits per heavy atom. The van der Waals surface area contributed by atoms with Crippen molar-refractivity contribution in [1.29, 1.82) is 0 Å². The van der Waals surface area contributed by atoms with Crippen LogP contribution in [0.4, 0.5) is 11.6 Å². The molecule has 0 saturated carbocycles. The van der Waals surface area contributed by atoms with E-state index in [1.165, 1.54) is 0 Å². The van der Waals surface area contributed by atoms with Gasteiger partial charge in [-0.2, -0.15) is 0 Å². The minimum Gasteiger partial charge on any atom is -0.414 e. The molecular formula is C22H32N8O2. The molecule has 2 saturated heterocycles. The molecule has 1 amide bonds. The summed E-state index contributed by atoms with van der Waals surface area (Å²) in [6.45, 7) is 3.03. The zero-order chi connectivity index (χ0) is 22.1. The van der Waals surface area contributed by atoms with Crippen molar-refractivity contribution in [3.63, 3.8) is 0 Å². The highest BCUT2D eigenvalue weighted by Gasteiger charge is 2.44. The van der Waals surface area contributed by atoms with E-state index in [1.807, 2.05) is 31.3 Å². The number of carbonyl (C=O) groups is 1. The maximum atomic E-state index is 12.2. The molecule has 5 rings (SSSR count). The van der Waals surface area contributed by atoms with Crippen molar-refractivity contribution in [3.05, 3.63) is 36.0 Å². The molecule has 10 nitrogen and oxygen atoms in total. The van der Waals surface area contributed by atoms with E-state index in [1.54, 1.807) is 6.20 Å². The molecule has 4 heterocycles. The molecule has 0 atom stereocenters. The van der Waals surface area contributed by atoms with Crippen LogP contribution in [-0.4, -0.2) is 52.8 Å². The summed E-state index contributed by atoms with van der Waals surface area (Å²) in [5, 5.41) is 14.4. The largest absolute Gasteiger partial charge is 0.414 e. The number of piperidine rings is 1. The molecule has 0 unspecified atom stereocenters. The molecule has 2 aliphatic rings. The van der Waals surface area contributed by atoms with E-state index in [-0.39, 0.29) is 27.3 Å². The highest BCUT2D eigenvalue weighted by atomic mass is 16.4. The number of rotatable bonds is 5. The number of benzene rings is 1. The highest BCUT2D eigenvalue weighted by molar-refractivity contribution is 5.85. The van der Waals surface area contributed by atoms with Gasteiger partial charge in [-0.3, -0.25) is 4.79 Å². The van der Waals surface area contributed by atoms with Crippen molar-refractivity contribution >= 4 is 17.5 Å². The molecule has 0 radical (unpaired) electrons. The molecule has 1 spiro atoms. The van der Waals surface area contributed by atoms with Crippen LogP contribution in [0, 0.1) is 5.41 Å². The monoisotopic (exact) mass is 440 g/mol. The fourth-order valence-corrected chi connectivity index (χ4v) is 4.46. The van der Waals surface area contributed by atoms with Gasteiger partial charge in [-0.05, 0) is 44.0 Å². The van der Waals surface area contributed by atoms with Crippen LogP contribution >= 0.6 is 0 Å². The Morgan fingerprint density at radius 3 is 2.62 bits per heavy atom. The number of hydrogen-bond donors (Lipinski definition) is 3. The molecule has 2 aliphatic heterocycles. The van der Waals surface area contributed by atoms with Crippen LogP contribution in [0.1, 0.15) is 29.1 Å². The molecule has 4 N–H and O–H groups in total. The van der Waals surface area contributed by atoms with Gasteiger partial charge in [0.25, 0.3) is 5.89 Å². The second-order valence-electron chi connectivity index (χ2n) is 8.37. The molecule has 0 bridgehead atoms. The molecule has 2 fully saturated rings. The first-order chi connectivity index (χ1) is 15.6. The van der Waals surface area contributed by atoms with Crippen LogP contribution in [-0.2, 0) is 11.3 Å². The van der Waals surface area contributed by atoms with Crippen LogP contribution in [0.2, 0.25) is 0 Å². The minimum absolute atomic E-state index is 0. The summed E-state index contributed by atoms with van der Waals surface area (Å²) in [5.74, 6) is 1.73. The van der Waals surface area contributed by atoms with E-state index < -0.39 is 0 Å². The molecule has 2 aromatic heterocycles. The topological polar surface area (TPSA) is 135 Å². The number of anilines is 2. The lowest BCUT2D eigenvalue weighted by molar-refractivity contribution is -0.128. The van der Waals surface area contributed by atoms with E-state index >= 15 is 0 Å². The molecule has 1 aromatic carbocycles. The van der Waals surface area contributed by atoms with E-state index in [0.717, 1.165) is 56.6 Å². The Kier molecular flexibility index (Phi) is 5.22. The second-order valence-corrected chi connectivity index (χ2v) is 8.37. The summed E-state index contributed by atoms with van der Waals surface area (Å²) >= 11 is 0. The lowest BCUT2D eigenvalue weighted by atomic mass is 9.77. The summed E-state index contributed by atoms with van der Waals surface area (Å²) in [6.07, 6.45) is 4.16. The smallest absolute Gasteiger partial charge is 0.270 e. The van der Waals surface area contributed by atoms with Crippen molar-refractivity contribution in [2.75, 3.05) is 37.3 Å². The van der Waals surface area contributed by atoms with Crippen molar-refractivity contribution in [2.24, 2.45) is 5.41 Å². The van der Waals surface area contributed by atoms with Crippen molar-refractivity contribution < 1.29 is 13.5 Å². The zero-order valence-corrected chi connectivity index (χ0v) is 18.0. The summed E-state index contributed by atoms with van der Waals surface area (Å²) in [4.78, 5) is 23.4. The third-order valence-corrected chi connectivity index (χ3v) is 6.41. The quantitative estimate of drug-likeness (QED) is 0.546. The number of carbonyl (C=O) groups excluding carboxylic acids is 1. The number of nitrogens with two attached hydrogens (primary N) is 1. The Hall–Kier alpha value is -3.53. The van der Waals surface area contributed by atoms with E-state index in [0.29, 0.717) is 17.4 Å². The maximum absolute atomic E-state index is 12.2. The van der Waals surface area contributed by atoms with E-state index in [4.69, 9.17) is 10.2 Å². The van der Waals surface area contributed by atoms with Gasteiger partial charge in [0.2, 0.25) is 11.8 Å². The average molecular weight is 441 g/mol. The molecule has 0 aliphatic carbocycles. The summed E-state index contributed by atoms with van der Waals surface area (Å²) in [7, 11) is 1.91. The predicted molar refractivity (Wildman–Crippen MR) is 126 cm³/mol. The standard InChI is InChI=1S/C22H26N8O2.3H2/c1-24-12-14-2-4-15(5-3-14)19-28-29-20(32-19)17-18(23)26-13-16(27-17)30-10-7-22(8-11-30)6-9-25-21(22)31;;;/h2-5,13,24H,6-12H2,1H3,(H2,23,26)(H,25,31);3*1H. The van der Waals surface area contributed by atoms with Crippen LogP contribution < -0.4 is 21.3 Å². The lowest BCUT2D eigenvalue weighted by Crippen LogP contribution is -2.44. The molecule has 10 heteroatoms. The van der Waals surface area contributed by atoms with Crippen molar-refractivity contribution in [1.82, 2.24) is 30.8 Å². The van der Waals surface area contributed by atoms with Gasteiger partial charge in [-0.1, -0.05) is 12.1 Å². The molecule has 3 aromatic rings. The Balaban J connectivity index is 0.00000144. The van der Waals surface area contributed by atoms with E-state index in [9.17, 15) is 4.79 Å². The van der Waals surface area contributed by atoms with Gasteiger partial charge in [0.1, 0.15) is 5.82 Å².